The lowest BCUT2D eigenvalue weighted by atomic mass is 9.84. The molecule has 0 radical (unpaired) electrons. The van der Waals surface area contributed by atoms with Crippen LogP contribution < -0.4 is 5.32 Å². The summed E-state index contributed by atoms with van der Waals surface area (Å²) < 4.78 is 6.20. The van der Waals surface area contributed by atoms with Gasteiger partial charge in [0.05, 0.1) is 5.60 Å². The topological polar surface area (TPSA) is 21.3 Å². The van der Waals surface area contributed by atoms with Crippen LogP contribution in [0.15, 0.2) is 0 Å². The van der Waals surface area contributed by atoms with Crippen LogP contribution in [0.2, 0.25) is 0 Å². The van der Waals surface area contributed by atoms with Crippen molar-refractivity contribution >= 4 is 0 Å². The zero-order valence-corrected chi connectivity index (χ0v) is 15.6. The first kappa shape index (κ1) is 22.2. The van der Waals surface area contributed by atoms with Gasteiger partial charge in [-0.15, -0.1) is 0 Å². The van der Waals surface area contributed by atoms with Crippen molar-refractivity contribution in [3.05, 3.63) is 0 Å². The van der Waals surface area contributed by atoms with Gasteiger partial charge in [-0.1, -0.05) is 54.4 Å². The minimum absolute atomic E-state index is 0.0876. The fourth-order valence-corrected chi connectivity index (χ4v) is 2.26. The quantitative estimate of drug-likeness (QED) is 0.548. The van der Waals surface area contributed by atoms with Crippen LogP contribution in [0.5, 0.6) is 0 Å². The molecule has 0 fully saturated rings. The molecule has 2 unspecified atom stereocenters. The van der Waals surface area contributed by atoms with Gasteiger partial charge in [0, 0.05) is 13.2 Å². The van der Waals surface area contributed by atoms with Crippen LogP contribution in [0, 0.1) is 5.41 Å². The molecule has 2 nitrogen and oxygen atoms in total. The molecular weight excluding hydrogens is 246 g/mol. The normalized spacial score (nSPS) is 16.8. The lowest BCUT2D eigenvalue weighted by Gasteiger charge is -2.33. The predicted molar refractivity (Wildman–Crippen MR) is 92.5 cm³/mol. The fraction of sp³-hybridized carbons (Fsp3) is 1.00. The Balaban J connectivity index is 0. The van der Waals surface area contributed by atoms with Crippen LogP contribution in [0.4, 0.5) is 0 Å². The van der Waals surface area contributed by atoms with E-state index in [1.807, 2.05) is 20.9 Å². The Labute approximate surface area is 129 Å². The molecule has 0 amide bonds. The molecule has 0 saturated carbocycles. The summed E-state index contributed by atoms with van der Waals surface area (Å²) in [6, 6.07) is 0. The lowest BCUT2D eigenvalue weighted by Crippen LogP contribution is -2.33. The Morgan fingerprint density at radius 1 is 0.950 bits per heavy atom. The highest BCUT2D eigenvalue weighted by atomic mass is 16.5. The average Bonchev–Trinajstić information content (AvgIpc) is 2.47. The molecule has 2 heteroatoms. The number of ether oxygens (including phenoxy) is 1. The zero-order chi connectivity index (χ0) is 16.1. The highest BCUT2D eigenvalue weighted by Gasteiger charge is 2.25. The van der Waals surface area contributed by atoms with Gasteiger partial charge in [0.1, 0.15) is 0 Å². The number of unbranched alkanes of at least 4 members (excludes halogenated alkanes) is 1. The van der Waals surface area contributed by atoms with Gasteiger partial charge in [-0.05, 0) is 45.1 Å². The van der Waals surface area contributed by atoms with Crippen LogP contribution in [0.25, 0.3) is 0 Å². The molecule has 2 atom stereocenters. The summed E-state index contributed by atoms with van der Waals surface area (Å²) in [5, 5.41) is 3.30. The van der Waals surface area contributed by atoms with E-state index in [0.717, 1.165) is 26.0 Å². The van der Waals surface area contributed by atoms with Crippen molar-refractivity contribution in [3.63, 3.8) is 0 Å². The van der Waals surface area contributed by atoms with Gasteiger partial charge in [-0.3, -0.25) is 0 Å². The maximum Gasteiger partial charge on any atom is 0.0651 e. The first-order valence-corrected chi connectivity index (χ1v) is 8.74. The molecule has 0 aromatic carbocycles. The maximum absolute atomic E-state index is 6.20. The SMILES string of the molecule is CC.CCCCC(C)(CC)OCCC(C)(CC)CNC. The van der Waals surface area contributed by atoms with Gasteiger partial charge in [0.25, 0.3) is 0 Å². The van der Waals surface area contributed by atoms with E-state index in [0.29, 0.717) is 5.41 Å². The second-order valence-corrected chi connectivity index (χ2v) is 6.20. The summed E-state index contributed by atoms with van der Waals surface area (Å²) in [6.45, 7) is 17.3. The monoisotopic (exact) mass is 287 g/mol. The second-order valence-electron chi connectivity index (χ2n) is 6.20. The molecule has 0 aliphatic carbocycles. The van der Waals surface area contributed by atoms with E-state index in [-0.39, 0.29) is 5.60 Å². The molecule has 0 aromatic rings. The smallest absolute Gasteiger partial charge is 0.0651 e. The number of nitrogens with one attached hydrogen (secondary N) is 1. The molecule has 0 spiro atoms. The third-order valence-corrected chi connectivity index (χ3v) is 4.42. The van der Waals surface area contributed by atoms with Gasteiger partial charge in [-0.2, -0.15) is 0 Å². The molecule has 0 aliphatic heterocycles. The standard InChI is InChI=1S/C16H35NO.C2H6/c1-7-10-11-16(5,9-3)18-13-12-15(4,8-2)14-17-6;1-2/h17H,7-14H2,1-6H3;1-2H3. The summed E-state index contributed by atoms with van der Waals surface area (Å²) in [4.78, 5) is 0. The van der Waals surface area contributed by atoms with E-state index in [2.05, 4.69) is 39.9 Å². The minimum Gasteiger partial charge on any atom is -0.375 e. The Hall–Kier alpha value is -0.0800. The van der Waals surface area contributed by atoms with Crippen LogP contribution >= 0.6 is 0 Å². The van der Waals surface area contributed by atoms with Crippen molar-refractivity contribution in [2.24, 2.45) is 5.41 Å². The maximum atomic E-state index is 6.20. The van der Waals surface area contributed by atoms with Crippen LogP contribution in [0.3, 0.4) is 0 Å². The highest BCUT2D eigenvalue weighted by molar-refractivity contribution is 4.77. The first-order chi connectivity index (χ1) is 9.45. The summed E-state index contributed by atoms with van der Waals surface area (Å²) in [6.07, 6.45) is 7.18. The fourth-order valence-electron chi connectivity index (χ4n) is 2.26. The van der Waals surface area contributed by atoms with Crippen molar-refractivity contribution in [2.75, 3.05) is 20.2 Å². The molecule has 0 aromatic heterocycles. The number of rotatable bonds is 11. The molecule has 0 rings (SSSR count). The van der Waals surface area contributed by atoms with Crippen molar-refractivity contribution < 1.29 is 4.74 Å². The lowest BCUT2D eigenvalue weighted by molar-refractivity contribution is -0.0524. The molecule has 0 saturated heterocycles. The van der Waals surface area contributed by atoms with E-state index in [1.165, 1.54) is 25.7 Å². The van der Waals surface area contributed by atoms with Crippen LogP contribution in [0.1, 0.15) is 87.0 Å². The third-order valence-electron chi connectivity index (χ3n) is 4.42. The van der Waals surface area contributed by atoms with Gasteiger partial charge in [-0.25, -0.2) is 0 Å². The Bertz CT molecular complexity index is 208. The number of hydrogen-bond acceptors (Lipinski definition) is 2. The van der Waals surface area contributed by atoms with E-state index in [4.69, 9.17) is 4.74 Å². The Morgan fingerprint density at radius 3 is 1.95 bits per heavy atom. The van der Waals surface area contributed by atoms with Crippen LogP contribution in [-0.2, 0) is 4.74 Å². The van der Waals surface area contributed by atoms with Crippen molar-refractivity contribution in [3.8, 4) is 0 Å². The van der Waals surface area contributed by atoms with Crippen molar-refractivity contribution in [2.45, 2.75) is 92.6 Å². The molecule has 0 bridgehead atoms. The molecule has 0 aliphatic rings. The van der Waals surface area contributed by atoms with Gasteiger partial charge < -0.3 is 10.1 Å². The summed E-state index contributed by atoms with van der Waals surface area (Å²) in [7, 11) is 2.03. The van der Waals surface area contributed by atoms with Crippen molar-refractivity contribution in [1.29, 1.82) is 0 Å². The zero-order valence-electron chi connectivity index (χ0n) is 15.6. The summed E-state index contributed by atoms with van der Waals surface area (Å²) in [5.41, 5.74) is 0.457. The number of hydrogen-bond donors (Lipinski definition) is 1. The van der Waals surface area contributed by atoms with Gasteiger partial charge in [0.2, 0.25) is 0 Å². The van der Waals surface area contributed by atoms with Crippen LogP contribution in [-0.4, -0.2) is 25.8 Å². The predicted octanol–water partition coefficient (Wildman–Crippen LogP) is 5.41. The van der Waals surface area contributed by atoms with E-state index < -0.39 is 0 Å². The highest BCUT2D eigenvalue weighted by Crippen LogP contribution is 2.28. The van der Waals surface area contributed by atoms with Crippen molar-refractivity contribution in [1.82, 2.24) is 5.32 Å². The van der Waals surface area contributed by atoms with Gasteiger partial charge in [0.15, 0.2) is 0 Å². The molecule has 0 heterocycles. The molecular formula is C18H41NO. The third kappa shape index (κ3) is 9.77. The summed E-state index contributed by atoms with van der Waals surface area (Å²) in [5.74, 6) is 0. The second kappa shape index (κ2) is 12.6. The Morgan fingerprint density at radius 2 is 1.55 bits per heavy atom. The summed E-state index contributed by atoms with van der Waals surface area (Å²) >= 11 is 0. The molecule has 124 valence electrons. The average molecular weight is 288 g/mol. The van der Waals surface area contributed by atoms with E-state index in [9.17, 15) is 0 Å². The van der Waals surface area contributed by atoms with Gasteiger partial charge >= 0.3 is 0 Å². The van der Waals surface area contributed by atoms with E-state index in [1.54, 1.807) is 0 Å². The van der Waals surface area contributed by atoms with E-state index >= 15 is 0 Å². The first-order valence-electron chi connectivity index (χ1n) is 8.74. The Kier molecular flexibility index (Phi) is 14.0. The minimum atomic E-state index is 0.0876. The molecule has 1 N–H and O–H groups in total. The largest absolute Gasteiger partial charge is 0.375 e. The molecule has 20 heavy (non-hydrogen) atoms.